The minimum atomic E-state index is -6.64. The molecule has 104 heavy (non-hydrogen) atoms. The molecule has 604 valence electrons. The molecule has 0 aromatic rings. The van der Waals surface area contributed by atoms with Gasteiger partial charge in [-0.15, -0.1) is 0 Å². The predicted octanol–water partition coefficient (Wildman–Crippen LogP) is 13.3. The maximum absolute atomic E-state index is 13.0. The lowest BCUT2D eigenvalue weighted by molar-refractivity contribution is -0.359. The van der Waals surface area contributed by atoms with Crippen molar-refractivity contribution in [3.8, 4) is 0 Å². The molecule has 0 heterocycles. The zero-order valence-electron chi connectivity index (χ0n) is 53.0. The average Bonchev–Trinajstić information content (AvgIpc) is 0.773. The summed E-state index contributed by atoms with van der Waals surface area (Å²) >= 11 is 0. The van der Waals surface area contributed by atoms with E-state index in [1.165, 1.54) is 13.8 Å². The van der Waals surface area contributed by atoms with E-state index in [-0.39, 0.29) is 32.6 Å². The highest BCUT2D eigenvalue weighted by Gasteiger charge is 2.85. The quantitative estimate of drug-likeness (QED) is 0.0474. The van der Waals surface area contributed by atoms with Crippen molar-refractivity contribution in [1.82, 2.24) is 0 Å². The SMILES string of the molecule is C=C(C(=O)OC(C(=O)OC)(C(F)(F)F)C(F)(F)F)C(F)(F)F.C=C(C)C(=O)OC(C(=O)OC)(C(F)(F)F)C(F)(F)F.C=C(C)C(=O)OC(C(=O)OCC(C)C)(C(F)(F)F)C(F)(F)F.C=C(C)C(=O)OC(C(=O)OCCC(C)C)(C(F)(F)F)C(F)(F)F.C=CC(=O)OC(C(=O)OC)(C(F)(F)F)C(F)(F)F. The summed E-state index contributed by atoms with van der Waals surface area (Å²) < 4.78 is 453. The van der Waals surface area contributed by atoms with Crippen LogP contribution in [-0.4, -0.2) is 190 Å². The van der Waals surface area contributed by atoms with Crippen LogP contribution in [0.2, 0.25) is 0 Å². The van der Waals surface area contributed by atoms with Gasteiger partial charge in [0.1, 0.15) is 5.57 Å². The molecule has 20 nitrogen and oxygen atoms in total. The van der Waals surface area contributed by atoms with Gasteiger partial charge >= 0.3 is 156 Å². The maximum Gasteiger partial charge on any atom is 0.449 e. The van der Waals surface area contributed by atoms with E-state index in [0.717, 1.165) is 20.8 Å². The van der Waals surface area contributed by atoms with Crippen LogP contribution < -0.4 is 0 Å². The first-order valence-corrected chi connectivity index (χ1v) is 25.4. The van der Waals surface area contributed by atoms with E-state index in [2.05, 4.69) is 73.7 Å². The van der Waals surface area contributed by atoms with Crippen LogP contribution in [-0.2, 0) is 95.3 Å². The Kier molecular flexibility index (Phi) is 36.6. The second kappa shape index (κ2) is 36.7. The van der Waals surface area contributed by atoms with E-state index < -0.39 is 197 Å². The molecule has 0 bridgehead atoms. The summed E-state index contributed by atoms with van der Waals surface area (Å²) in [4.78, 5) is 110. The Labute approximate surface area is 558 Å². The molecule has 0 aromatic heterocycles. The van der Waals surface area contributed by atoms with Gasteiger partial charge in [0.05, 0.1) is 34.5 Å². The third kappa shape index (κ3) is 25.2. The number of rotatable bonds is 20. The largest absolute Gasteiger partial charge is 0.466 e. The Morgan fingerprint density at radius 2 is 0.519 bits per heavy atom. The Hall–Kier alpha value is -8.91. The molecule has 0 aliphatic rings. The van der Waals surface area contributed by atoms with Crippen LogP contribution in [0.1, 0.15) is 54.9 Å². The minimum Gasteiger partial charge on any atom is -0.466 e. The van der Waals surface area contributed by atoms with Crippen molar-refractivity contribution in [2.24, 2.45) is 11.8 Å². The highest BCUT2D eigenvalue weighted by Crippen LogP contribution is 2.52. The highest BCUT2D eigenvalue weighted by molar-refractivity contribution is 5.95. The summed E-state index contributed by atoms with van der Waals surface area (Å²) in [5.41, 5.74) is -32.4. The van der Waals surface area contributed by atoms with Crippen LogP contribution in [0, 0.1) is 11.8 Å². The van der Waals surface area contributed by atoms with Crippen molar-refractivity contribution in [3.05, 3.63) is 61.3 Å². The molecule has 0 N–H and O–H groups in total. The van der Waals surface area contributed by atoms with Crippen molar-refractivity contribution in [1.29, 1.82) is 0 Å². The summed E-state index contributed by atoms with van der Waals surface area (Å²) in [6, 6.07) is 0. The second-order valence-corrected chi connectivity index (χ2v) is 19.7. The van der Waals surface area contributed by atoms with E-state index in [0.29, 0.717) is 7.11 Å². The molecule has 0 amide bonds. The minimum absolute atomic E-state index is 0.0337. The number of carbonyl (C=O) groups is 10. The summed E-state index contributed by atoms with van der Waals surface area (Å²) in [7, 11) is 0.667. The van der Waals surface area contributed by atoms with Gasteiger partial charge in [-0.25, -0.2) is 47.9 Å². The number of carbonyl (C=O) groups excluding carboxylic acids is 10. The van der Waals surface area contributed by atoms with Crippen LogP contribution in [0.25, 0.3) is 0 Å². The van der Waals surface area contributed by atoms with Crippen LogP contribution in [0.3, 0.4) is 0 Å². The maximum atomic E-state index is 13.0. The van der Waals surface area contributed by atoms with E-state index in [4.69, 9.17) is 0 Å². The first-order valence-electron chi connectivity index (χ1n) is 25.4. The molecule has 0 aliphatic carbocycles. The van der Waals surface area contributed by atoms with Crippen molar-refractivity contribution in [2.45, 2.75) is 151 Å². The van der Waals surface area contributed by atoms with Gasteiger partial charge in [-0.1, -0.05) is 60.6 Å². The van der Waals surface area contributed by atoms with Crippen molar-refractivity contribution >= 4 is 59.7 Å². The number of methoxy groups -OCH3 is 3. The molecule has 0 saturated heterocycles. The zero-order chi connectivity index (χ0) is 85.1. The number of esters is 10. The molecule has 0 fully saturated rings. The summed E-state index contributed by atoms with van der Waals surface area (Å²) in [6.45, 7) is 20.3. The van der Waals surface area contributed by atoms with E-state index in [9.17, 15) is 193 Å². The average molecular weight is 1610 g/mol. The van der Waals surface area contributed by atoms with Crippen molar-refractivity contribution in [2.75, 3.05) is 34.5 Å². The highest BCUT2D eigenvalue weighted by atomic mass is 19.5. The van der Waals surface area contributed by atoms with Gasteiger partial charge in [-0.05, 0) is 39.0 Å². The van der Waals surface area contributed by atoms with Gasteiger partial charge in [0.25, 0.3) is 0 Å². The van der Waals surface area contributed by atoms with Crippen molar-refractivity contribution in [3.63, 3.8) is 0 Å². The van der Waals surface area contributed by atoms with E-state index in [1.54, 1.807) is 13.8 Å². The third-order valence-corrected chi connectivity index (χ3v) is 10.5. The molecule has 0 aliphatic heterocycles. The first-order chi connectivity index (χ1) is 45.6. The molecule has 0 radical (unpaired) electrons. The van der Waals surface area contributed by atoms with Gasteiger partial charge in [0.15, 0.2) is 0 Å². The lowest BCUT2D eigenvalue weighted by atomic mass is 10.0. The van der Waals surface area contributed by atoms with Crippen LogP contribution in [0.5, 0.6) is 0 Å². The number of hydrogen-bond acceptors (Lipinski definition) is 20. The summed E-state index contributed by atoms with van der Waals surface area (Å²) in [5, 5.41) is 0. The standard InChI is InChI=1S/C13H16F6O4.C12H14F6O4.C9H5F9O4.C9H8F6O4.C8H6F6O4/c1-7(2)5-6-22-10(21)11(12(14,15)16,13(17,18)19)23-9(20)8(3)4;1-6(2)5-21-9(20)10(11(13,14)15,12(16,17)18)22-8(19)7(3)4;1-3(7(10,11)12)4(19)22-6(5(20)21-2,8(13,14)15)9(16,17)18;1-4(2)5(16)19-7(6(17)18-3,8(10,11)12)9(13,14)15;1-3-4(15)18-6(5(16)17-2,7(9,10)11)8(12,13)14/h7H,3,5-6H2,1-2,4H3;6H,3,5H2,1-2,4H3;1H2,2H3;1H2,2-3H3;3H,1H2,2H3. The normalized spacial score (nSPS) is 13.0. The molecular formula is C51H49F33O20. The lowest BCUT2D eigenvalue weighted by Crippen LogP contribution is -2.65. The van der Waals surface area contributed by atoms with Crippen molar-refractivity contribution < 1.29 is 240 Å². The van der Waals surface area contributed by atoms with Gasteiger partial charge in [0, 0.05) is 22.8 Å². The molecule has 0 saturated carbocycles. The van der Waals surface area contributed by atoms with Crippen LogP contribution >= 0.6 is 0 Å². The summed E-state index contributed by atoms with van der Waals surface area (Å²) in [5.74, 6) is -26.2. The van der Waals surface area contributed by atoms with Gasteiger partial charge in [-0.3, -0.25) is 0 Å². The van der Waals surface area contributed by atoms with Gasteiger partial charge in [0.2, 0.25) is 0 Å². The zero-order valence-corrected chi connectivity index (χ0v) is 53.0. The Balaban J connectivity index is -0.000000394. The van der Waals surface area contributed by atoms with Crippen LogP contribution in [0.4, 0.5) is 145 Å². The topological polar surface area (TPSA) is 263 Å². The first kappa shape index (κ1) is 104. The second-order valence-electron chi connectivity index (χ2n) is 19.7. The molecule has 0 atom stereocenters. The van der Waals surface area contributed by atoms with Gasteiger partial charge < -0.3 is 47.4 Å². The monoisotopic (exact) mass is 1610 g/mol. The number of hydrogen-bond donors (Lipinski definition) is 0. The number of alkyl halides is 33. The molecule has 0 unspecified atom stereocenters. The molecule has 0 rings (SSSR count). The molecule has 53 heteroatoms. The lowest BCUT2D eigenvalue weighted by Gasteiger charge is -2.34. The predicted molar refractivity (Wildman–Crippen MR) is 267 cm³/mol. The van der Waals surface area contributed by atoms with Crippen LogP contribution in [0.15, 0.2) is 61.3 Å². The molecule has 0 aromatic carbocycles. The Morgan fingerprint density at radius 3 is 0.692 bits per heavy atom. The fourth-order valence-electron chi connectivity index (χ4n) is 5.20. The number of halogens is 33. The van der Waals surface area contributed by atoms with E-state index in [1.807, 2.05) is 6.58 Å². The summed E-state index contributed by atoms with van der Waals surface area (Å²) in [6.07, 6.45) is -68.9. The molecular weight excluding hydrogens is 1560 g/mol. The fraction of sp³-hybridized carbons (Fsp3) is 0.608. The van der Waals surface area contributed by atoms with E-state index >= 15 is 0 Å². The van der Waals surface area contributed by atoms with Gasteiger partial charge in [-0.2, -0.15) is 145 Å². The number of ether oxygens (including phenoxy) is 10. The third-order valence-electron chi connectivity index (χ3n) is 10.5. The Bertz CT molecular complexity index is 3000. The Morgan fingerprint density at radius 1 is 0.317 bits per heavy atom. The molecule has 0 spiro atoms. The smallest absolute Gasteiger partial charge is 0.449 e. The fourth-order valence-corrected chi connectivity index (χ4v) is 5.20.